The van der Waals surface area contributed by atoms with Crippen LogP contribution in [0.1, 0.15) is 47.6 Å². The first-order chi connectivity index (χ1) is 16.0. The number of amides is 3. The standard InChI is InChI=1S/C25H31N3O5/c1-32-19-11-12-20(22(15-19)33-2)25(31)27-17-24(30)28-14-8-4-7-13-26-23(29)16-21(28)18-9-5-3-6-10-18/h3,5-6,9-12,15,21H,4,7-8,13-14,16-17H2,1-2H3,(H,26,29)(H,27,31). The van der Waals surface area contributed by atoms with Gasteiger partial charge < -0.3 is 25.0 Å². The van der Waals surface area contributed by atoms with Gasteiger partial charge in [0.15, 0.2) is 0 Å². The quantitative estimate of drug-likeness (QED) is 0.701. The SMILES string of the molecule is COc1ccc(C(=O)NCC(=O)N2CCCCCNC(=O)CC2c2ccccc2)c(OC)c1. The van der Waals surface area contributed by atoms with Crippen LogP contribution in [0.3, 0.4) is 0 Å². The first-order valence-corrected chi connectivity index (χ1v) is 11.1. The van der Waals surface area contributed by atoms with Crippen LogP contribution in [-0.4, -0.2) is 56.5 Å². The highest BCUT2D eigenvalue weighted by Gasteiger charge is 2.28. The molecule has 1 atom stereocenters. The molecule has 8 nitrogen and oxygen atoms in total. The highest BCUT2D eigenvalue weighted by atomic mass is 16.5. The van der Waals surface area contributed by atoms with Crippen molar-refractivity contribution in [2.24, 2.45) is 0 Å². The number of hydrogen-bond donors (Lipinski definition) is 2. The Labute approximate surface area is 194 Å². The van der Waals surface area contributed by atoms with Crippen molar-refractivity contribution < 1.29 is 23.9 Å². The van der Waals surface area contributed by atoms with E-state index in [0.717, 1.165) is 24.8 Å². The third-order valence-corrected chi connectivity index (χ3v) is 5.71. The molecule has 176 valence electrons. The molecule has 1 heterocycles. The van der Waals surface area contributed by atoms with Gasteiger partial charge in [-0.25, -0.2) is 0 Å². The van der Waals surface area contributed by atoms with Crippen molar-refractivity contribution in [1.29, 1.82) is 0 Å². The fourth-order valence-electron chi connectivity index (χ4n) is 3.94. The van der Waals surface area contributed by atoms with E-state index in [0.29, 0.717) is 30.2 Å². The van der Waals surface area contributed by atoms with Gasteiger partial charge in [-0.3, -0.25) is 14.4 Å². The second-order valence-electron chi connectivity index (χ2n) is 7.88. The molecule has 0 radical (unpaired) electrons. The van der Waals surface area contributed by atoms with Gasteiger partial charge in [-0.2, -0.15) is 0 Å². The van der Waals surface area contributed by atoms with Gasteiger partial charge in [-0.1, -0.05) is 30.3 Å². The predicted octanol–water partition coefficient (Wildman–Crippen LogP) is 2.69. The minimum absolute atomic E-state index is 0.0874. The van der Waals surface area contributed by atoms with Crippen LogP contribution in [0.4, 0.5) is 0 Å². The smallest absolute Gasteiger partial charge is 0.255 e. The fraction of sp³-hybridized carbons (Fsp3) is 0.400. The Morgan fingerprint density at radius 2 is 1.85 bits per heavy atom. The molecule has 33 heavy (non-hydrogen) atoms. The lowest BCUT2D eigenvalue weighted by molar-refractivity contribution is -0.134. The Kier molecular flexibility index (Phi) is 8.69. The predicted molar refractivity (Wildman–Crippen MR) is 124 cm³/mol. The van der Waals surface area contributed by atoms with Gasteiger partial charge >= 0.3 is 0 Å². The van der Waals surface area contributed by atoms with Gasteiger partial charge in [0.1, 0.15) is 11.5 Å². The Bertz CT molecular complexity index is 964. The van der Waals surface area contributed by atoms with E-state index in [1.54, 1.807) is 23.1 Å². The average Bonchev–Trinajstić information content (AvgIpc) is 2.85. The molecule has 1 unspecified atom stereocenters. The highest BCUT2D eigenvalue weighted by Crippen LogP contribution is 2.27. The van der Waals surface area contributed by atoms with E-state index in [-0.39, 0.29) is 24.8 Å². The summed E-state index contributed by atoms with van der Waals surface area (Å²) in [6, 6.07) is 14.0. The minimum Gasteiger partial charge on any atom is -0.497 e. The van der Waals surface area contributed by atoms with E-state index in [9.17, 15) is 14.4 Å². The van der Waals surface area contributed by atoms with Crippen LogP contribution in [0.2, 0.25) is 0 Å². The van der Waals surface area contributed by atoms with E-state index in [1.165, 1.54) is 14.2 Å². The number of nitrogens with zero attached hydrogens (tertiary/aromatic N) is 1. The van der Waals surface area contributed by atoms with Crippen molar-refractivity contribution in [2.45, 2.75) is 31.7 Å². The molecule has 8 heteroatoms. The zero-order chi connectivity index (χ0) is 23.6. The van der Waals surface area contributed by atoms with Crippen molar-refractivity contribution in [2.75, 3.05) is 33.9 Å². The molecule has 3 rings (SSSR count). The number of carbonyl (C=O) groups is 3. The van der Waals surface area contributed by atoms with Crippen LogP contribution < -0.4 is 20.1 Å². The fourth-order valence-corrected chi connectivity index (χ4v) is 3.94. The van der Waals surface area contributed by atoms with Crippen LogP contribution in [0, 0.1) is 0 Å². The average molecular weight is 454 g/mol. The Morgan fingerprint density at radius 1 is 1.06 bits per heavy atom. The Hall–Kier alpha value is -3.55. The van der Waals surface area contributed by atoms with Crippen molar-refractivity contribution in [3.63, 3.8) is 0 Å². The third kappa shape index (κ3) is 6.47. The maximum absolute atomic E-state index is 13.3. The Balaban J connectivity index is 1.76. The second kappa shape index (κ2) is 11.9. The lowest BCUT2D eigenvalue weighted by Gasteiger charge is -2.33. The molecule has 0 bridgehead atoms. The van der Waals surface area contributed by atoms with Crippen molar-refractivity contribution >= 4 is 17.7 Å². The molecule has 1 saturated heterocycles. The Morgan fingerprint density at radius 3 is 2.58 bits per heavy atom. The van der Waals surface area contributed by atoms with Crippen LogP contribution in [-0.2, 0) is 9.59 Å². The number of ether oxygens (including phenoxy) is 2. The van der Waals surface area contributed by atoms with E-state index in [2.05, 4.69) is 10.6 Å². The molecule has 1 fully saturated rings. The van der Waals surface area contributed by atoms with Crippen LogP contribution in [0.15, 0.2) is 48.5 Å². The van der Waals surface area contributed by atoms with Crippen molar-refractivity contribution in [1.82, 2.24) is 15.5 Å². The molecular formula is C25H31N3O5. The number of rotatable bonds is 6. The summed E-state index contributed by atoms with van der Waals surface area (Å²) in [6.45, 7) is 0.987. The van der Waals surface area contributed by atoms with Gasteiger partial charge in [0, 0.05) is 19.2 Å². The number of methoxy groups -OCH3 is 2. The molecule has 1 aliphatic rings. The van der Waals surface area contributed by atoms with E-state index in [4.69, 9.17) is 9.47 Å². The van der Waals surface area contributed by atoms with Gasteiger partial charge in [-0.05, 0) is 37.0 Å². The molecular weight excluding hydrogens is 422 g/mol. The molecule has 1 aliphatic heterocycles. The van der Waals surface area contributed by atoms with Crippen LogP contribution in [0.25, 0.3) is 0 Å². The normalized spacial score (nSPS) is 17.0. The third-order valence-electron chi connectivity index (χ3n) is 5.71. The highest BCUT2D eigenvalue weighted by molar-refractivity contribution is 5.99. The monoisotopic (exact) mass is 453 g/mol. The summed E-state index contributed by atoms with van der Waals surface area (Å²) in [5, 5.41) is 5.64. The van der Waals surface area contributed by atoms with Crippen LogP contribution in [0.5, 0.6) is 11.5 Å². The molecule has 2 N–H and O–H groups in total. The second-order valence-corrected chi connectivity index (χ2v) is 7.88. The van der Waals surface area contributed by atoms with Crippen LogP contribution >= 0.6 is 0 Å². The summed E-state index contributed by atoms with van der Waals surface area (Å²) in [5.74, 6) is 0.180. The van der Waals surface area contributed by atoms with E-state index in [1.807, 2.05) is 30.3 Å². The van der Waals surface area contributed by atoms with Gasteiger partial charge in [0.2, 0.25) is 11.8 Å². The van der Waals surface area contributed by atoms with E-state index < -0.39 is 11.9 Å². The number of nitrogens with one attached hydrogen (secondary N) is 2. The lowest BCUT2D eigenvalue weighted by atomic mass is 10.00. The first-order valence-electron chi connectivity index (χ1n) is 11.1. The topological polar surface area (TPSA) is 97.0 Å². The summed E-state index contributed by atoms with van der Waals surface area (Å²) < 4.78 is 10.5. The zero-order valence-electron chi connectivity index (χ0n) is 19.1. The zero-order valence-corrected chi connectivity index (χ0v) is 19.1. The largest absolute Gasteiger partial charge is 0.497 e. The van der Waals surface area contributed by atoms with Gasteiger partial charge in [-0.15, -0.1) is 0 Å². The molecule has 2 aromatic rings. The molecule has 0 aromatic heterocycles. The van der Waals surface area contributed by atoms with Gasteiger partial charge in [0.25, 0.3) is 5.91 Å². The molecule has 0 aliphatic carbocycles. The summed E-state index contributed by atoms with van der Waals surface area (Å²) in [4.78, 5) is 40.2. The number of benzene rings is 2. The maximum Gasteiger partial charge on any atom is 0.255 e. The summed E-state index contributed by atoms with van der Waals surface area (Å²) in [6.07, 6.45) is 2.78. The minimum atomic E-state index is -0.419. The van der Waals surface area contributed by atoms with Gasteiger partial charge in [0.05, 0.1) is 38.8 Å². The molecule has 0 saturated carbocycles. The summed E-state index contributed by atoms with van der Waals surface area (Å²) >= 11 is 0. The lowest BCUT2D eigenvalue weighted by Crippen LogP contribution is -2.44. The van der Waals surface area contributed by atoms with E-state index >= 15 is 0 Å². The number of carbonyl (C=O) groups excluding carboxylic acids is 3. The van der Waals surface area contributed by atoms with Crippen molar-refractivity contribution in [3.8, 4) is 11.5 Å². The number of hydrogen-bond acceptors (Lipinski definition) is 5. The maximum atomic E-state index is 13.3. The molecule has 3 amide bonds. The first kappa shape index (κ1) is 24.1. The molecule has 0 spiro atoms. The van der Waals surface area contributed by atoms with Crippen molar-refractivity contribution in [3.05, 3.63) is 59.7 Å². The molecule has 2 aromatic carbocycles. The summed E-state index contributed by atoms with van der Waals surface area (Å²) in [5.41, 5.74) is 1.20. The summed E-state index contributed by atoms with van der Waals surface area (Å²) in [7, 11) is 3.00.